The second-order valence-corrected chi connectivity index (χ2v) is 13.4. The first kappa shape index (κ1) is 36.1. The molecule has 1 fully saturated rings. The van der Waals surface area contributed by atoms with E-state index in [0.717, 1.165) is 22.3 Å². The third-order valence-electron chi connectivity index (χ3n) is 8.95. The number of ketones is 3. The van der Waals surface area contributed by atoms with Crippen molar-refractivity contribution in [3.63, 3.8) is 0 Å². The van der Waals surface area contributed by atoms with Gasteiger partial charge < -0.3 is 5.11 Å². The van der Waals surface area contributed by atoms with Gasteiger partial charge in [0.15, 0.2) is 22.8 Å². The Hall–Kier alpha value is -1.89. The molecule has 4 nitrogen and oxygen atoms in total. The molecule has 0 N–H and O–H groups in total. The Morgan fingerprint density at radius 1 is 0.900 bits per heavy atom. The Labute approximate surface area is 255 Å². The predicted molar refractivity (Wildman–Crippen MR) is 159 cm³/mol. The standard InChI is InChI=1S/C35H52O4.Li/c1-22(2)13-12-19-33(11)27(16-14-23(3)4)21-34(20-18-25(7)8)30(37)28(17-15-24(5)6)31(38)35(33,32(34)39)29(36)26(9)10;/h13-15,18,26-27,37H,12,16-17,19-21H2,1-11H3;/q;+1/p-1/t27-,33+,34+,35-;/m0./s1. The molecule has 0 aromatic carbocycles. The summed E-state index contributed by atoms with van der Waals surface area (Å²) >= 11 is 0. The summed E-state index contributed by atoms with van der Waals surface area (Å²) in [6, 6.07) is 0. The van der Waals surface area contributed by atoms with E-state index in [1.807, 2.05) is 74.5 Å². The van der Waals surface area contributed by atoms with Gasteiger partial charge in [-0.25, -0.2) is 0 Å². The monoisotopic (exact) mass is 542 g/mol. The Morgan fingerprint density at radius 3 is 1.90 bits per heavy atom. The smallest absolute Gasteiger partial charge is 0.874 e. The number of carbonyl (C=O) groups excluding carboxylic acids is 3. The molecule has 0 amide bonds. The average molecular weight is 543 g/mol. The SMILES string of the molecule is CC(C)=CCC[C@]1(C)[C@@H](CC=C(C)C)C[C@@]2(CC=C(C)C)C(=O)[C@]1(C(=O)C(C)C)C(=O)C(CC=C(C)C)=C2[O-].[Li+]. The zero-order chi connectivity index (χ0) is 29.9. The molecule has 0 unspecified atom stereocenters. The third kappa shape index (κ3) is 6.44. The second kappa shape index (κ2) is 13.8. The molecule has 4 atom stereocenters. The molecular weight excluding hydrogens is 491 g/mol. The Balaban J connectivity index is 0.00000800. The van der Waals surface area contributed by atoms with Crippen molar-refractivity contribution >= 4 is 17.3 Å². The van der Waals surface area contributed by atoms with Gasteiger partial charge in [0.25, 0.3) is 0 Å². The van der Waals surface area contributed by atoms with E-state index < -0.39 is 33.7 Å². The van der Waals surface area contributed by atoms with Gasteiger partial charge in [-0.2, -0.15) is 0 Å². The van der Waals surface area contributed by atoms with Gasteiger partial charge >= 0.3 is 18.9 Å². The van der Waals surface area contributed by atoms with E-state index in [4.69, 9.17) is 0 Å². The van der Waals surface area contributed by atoms with Crippen LogP contribution in [0.3, 0.4) is 0 Å². The van der Waals surface area contributed by atoms with Crippen molar-refractivity contribution in [1.29, 1.82) is 0 Å². The van der Waals surface area contributed by atoms with E-state index in [-0.39, 0.29) is 54.7 Å². The Kier molecular flexibility index (Phi) is 12.5. The normalized spacial score (nSPS) is 27.6. The van der Waals surface area contributed by atoms with Crippen molar-refractivity contribution in [2.45, 2.75) is 115 Å². The number of rotatable bonds is 11. The molecule has 5 heteroatoms. The molecule has 0 aliphatic heterocycles. The number of hydrogen-bond donors (Lipinski definition) is 0. The number of Topliss-reactive ketones (excluding diaryl/α,β-unsaturated/α-hetero) is 3. The van der Waals surface area contributed by atoms with Gasteiger partial charge in [0.05, 0.1) is 0 Å². The molecule has 1 saturated carbocycles. The molecule has 0 heterocycles. The molecule has 0 aromatic heterocycles. The topological polar surface area (TPSA) is 74.3 Å². The molecule has 40 heavy (non-hydrogen) atoms. The predicted octanol–water partition coefficient (Wildman–Crippen LogP) is 4.80. The summed E-state index contributed by atoms with van der Waals surface area (Å²) in [4.78, 5) is 44.2. The van der Waals surface area contributed by atoms with Crippen LogP contribution in [-0.2, 0) is 14.4 Å². The fourth-order valence-corrected chi connectivity index (χ4v) is 6.69. The molecule has 0 spiro atoms. The van der Waals surface area contributed by atoms with Crippen LogP contribution in [0.15, 0.2) is 57.9 Å². The molecule has 0 aromatic rings. The number of hydrogen-bond acceptors (Lipinski definition) is 4. The van der Waals surface area contributed by atoms with E-state index in [0.29, 0.717) is 25.7 Å². The Bertz CT molecular complexity index is 1150. The minimum Gasteiger partial charge on any atom is -0.874 e. The fraction of sp³-hybridized carbons (Fsp3) is 0.629. The molecule has 0 saturated heterocycles. The van der Waals surface area contributed by atoms with E-state index in [2.05, 4.69) is 12.2 Å². The summed E-state index contributed by atoms with van der Waals surface area (Å²) in [5, 5.41) is 14.4. The molecule has 216 valence electrons. The summed E-state index contributed by atoms with van der Waals surface area (Å²) in [5.74, 6) is -2.39. The maximum atomic E-state index is 15.0. The number of carbonyl (C=O) groups is 3. The van der Waals surface area contributed by atoms with Crippen molar-refractivity contribution in [1.82, 2.24) is 0 Å². The minimum absolute atomic E-state index is 0. The van der Waals surface area contributed by atoms with Crippen LogP contribution in [0.25, 0.3) is 0 Å². The molecule has 2 rings (SSSR count). The summed E-state index contributed by atoms with van der Waals surface area (Å²) in [6.45, 7) is 21.4. The van der Waals surface area contributed by atoms with Crippen molar-refractivity contribution in [2.24, 2.45) is 28.1 Å². The summed E-state index contributed by atoms with van der Waals surface area (Å²) in [7, 11) is 0. The largest absolute Gasteiger partial charge is 1.00 e. The van der Waals surface area contributed by atoms with Crippen LogP contribution < -0.4 is 24.0 Å². The van der Waals surface area contributed by atoms with Gasteiger partial charge in [0.2, 0.25) is 0 Å². The first-order chi connectivity index (χ1) is 18.0. The first-order valence-electron chi connectivity index (χ1n) is 14.6. The van der Waals surface area contributed by atoms with Crippen molar-refractivity contribution in [3.05, 3.63) is 57.9 Å². The second-order valence-electron chi connectivity index (χ2n) is 13.4. The van der Waals surface area contributed by atoms with E-state index in [1.54, 1.807) is 13.8 Å². The van der Waals surface area contributed by atoms with Crippen LogP contribution in [0, 0.1) is 28.1 Å². The summed E-state index contributed by atoms with van der Waals surface area (Å²) < 4.78 is 0. The van der Waals surface area contributed by atoms with Crippen LogP contribution in [0.2, 0.25) is 0 Å². The van der Waals surface area contributed by atoms with Crippen LogP contribution in [0.4, 0.5) is 0 Å². The molecule has 2 aliphatic carbocycles. The van der Waals surface area contributed by atoms with Crippen LogP contribution in [-0.4, -0.2) is 17.3 Å². The van der Waals surface area contributed by atoms with Crippen LogP contribution in [0.5, 0.6) is 0 Å². The van der Waals surface area contributed by atoms with Gasteiger partial charge in [0.1, 0.15) is 0 Å². The van der Waals surface area contributed by atoms with Crippen molar-refractivity contribution in [3.8, 4) is 0 Å². The molecular formula is C35H51LiO4. The molecule has 0 radical (unpaired) electrons. The van der Waals surface area contributed by atoms with Gasteiger partial charge in [0, 0.05) is 11.3 Å². The van der Waals surface area contributed by atoms with E-state index in [1.165, 1.54) is 0 Å². The number of allylic oxidation sites excluding steroid dienone is 10. The van der Waals surface area contributed by atoms with Gasteiger partial charge in [-0.3, -0.25) is 14.4 Å². The minimum atomic E-state index is -1.87. The molecule has 2 bridgehead atoms. The van der Waals surface area contributed by atoms with E-state index in [9.17, 15) is 19.5 Å². The van der Waals surface area contributed by atoms with E-state index >= 15 is 0 Å². The van der Waals surface area contributed by atoms with Crippen LogP contribution in [0.1, 0.15) is 115 Å². The number of fused-ring (bicyclic) bond motifs is 2. The van der Waals surface area contributed by atoms with Crippen molar-refractivity contribution < 1.29 is 38.4 Å². The zero-order valence-corrected chi connectivity index (χ0v) is 27.3. The quantitative estimate of drug-likeness (QED) is 0.214. The van der Waals surface area contributed by atoms with Gasteiger partial charge in [-0.1, -0.05) is 67.4 Å². The van der Waals surface area contributed by atoms with Crippen LogP contribution >= 0.6 is 0 Å². The average Bonchev–Trinajstić information content (AvgIpc) is 2.81. The Morgan fingerprint density at radius 2 is 1.43 bits per heavy atom. The molecule has 2 aliphatic rings. The first-order valence-corrected chi connectivity index (χ1v) is 14.6. The zero-order valence-electron chi connectivity index (χ0n) is 27.3. The summed E-state index contributed by atoms with van der Waals surface area (Å²) in [5.41, 5.74) is 0.212. The maximum Gasteiger partial charge on any atom is 1.00 e. The van der Waals surface area contributed by atoms with Gasteiger partial charge in [-0.05, 0) is 111 Å². The van der Waals surface area contributed by atoms with Gasteiger partial charge in [-0.15, -0.1) is 5.76 Å². The van der Waals surface area contributed by atoms with Crippen molar-refractivity contribution in [2.75, 3.05) is 0 Å². The fourth-order valence-electron chi connectivity index (χ4n) is 6.69. The summed E-state index contributed by atoms with van der Waals surface area (Å²) in [6.07, 6.45) is 10.6. The maximum absolute atomic E-state index is 15.0. The third-order valence-corrected chi connectivity index (χ3v) is 8.95.